The summed E-state index contributed by atoms with van der Waals surface area (Å²) >= 11 is 0. The van der Waals surface area contributed by atoms with Crippen molar-refractivity contribution in [2.24, 2.45) is 7.05 Å². The lowest BCUT2D eigenvalue weighted by Gasteiger charge is -2.33. The molecule has 11 nitrogen and oxygen atoms in total. The van der Waals surface area contributed by atoms with Crippen molar-refractivity contribution in [2.75, 3.05) is 54.9 Å². The van der Waals surface area contributed by atoms with E-state index < -0.39 is 12.1 Å². The molecule has 3 fully saturated rings. The molecule has 0 radical (unpaired) electrons. The number of benzene rings is 1. The number of anilines is 3. The SMILES string of the molecule is Cn1nc(C2CCN(c3nc(N4C[C@@H]5OCCO[C@@H]5C4)nc4cccc(F)c34)CC2)cc1N.O=C(O)C(F)(F)F. The average molecular weight is 568 g/mol. The van der Waals surface area contributed by atoms with E-state index in [2.05, 4.69) is 14.9 Å². The number of alkyl halides is 3. The maximum atomic E-state index is 15.0. The van der Waals surface area contributed by atoms with Gasteiger partial charge in [-0.1, -0.05) is 6.07 Å². The lowest BCUT2D eigenvalue weighted by molar-refractivity contribution is -0.192. The highest BCUT2D eigenvalue weighted by Gasteiger charge is 2.39. The zero-order chi connectivity index (χ0) is 28.6. The Hall–Kier alpha value is -3.72. The van der Waals surface area contributed by atoms with Gasteiger partial charge in [0.15, 0.2) is 0 Å². The van der Waals surface area contributed by atoms with E-state index in [-0.39, 0.29) is 18.0 Å². The largest absolute Gasteiger partial charge is 0.490 e. The Labute approximate surface area is 226 Å². The zero-order valence-electron chi connectivity index (χ0n) is 21.6. The second-order valence-electron chi connectivity index (χ2n) is 9.89. The summed E-state index contributed by atoms with van der Waals surface area (Å²) < 4.78 is 60.1. The standard InChI is InChI=1S/C23H28FN7O2.C2HF3O2/c1-29-20(25)11-17(28-29)14-5-7-30(8-6-14)22-21-15(24)3-2-4-16(21)26-23(27-22)31-12-18-19(13-31)33-10-9-32-18;3-2(4,5)1(6)7/h2-4,11,14,18-19H,5-10,12-13,25H2,1H3;(H,6,7)/t18-,19+;. The van der Waals surface area contributed by atoms with E-state index in [9.17, 15) is 17.6 Å². The minimum Gasteiger partial charge on any atom is -0.475 e. The lowest BCUT2D eigenvalue weighted by atomic mass is 9.93. The third kappa shape index (κ3) is 5.75. The monoisotopic (exact) mass is 567 g/mol. The molecule has 0 saturated carbocycles. The van der Waals surface area contributed by atoms with Crippen LogP contribution in [0.25, 0.3) is 10.9 Å². The molecule has 3 aliphatic rings. The number of piperidine rings is 1. The van der Waals surface area contributed by atoms with Gasteiger partial charge < -0.3 is 30.1 Å². The summed E-state index contributed by atoms with van der Waals surface area (Å²) in [7, 11) is 1.86. The summed E-state index contributed by atoms with van der Waals surface area (Å²) in [5, 5.41) is 12.2. The number of hydrogen-bond donors (Lipinski definition) is 2. The van der Waals surface area contributed by atoms with Crippen LogP contribution < -0.4 is 15.5 Å². The fourth-order valence-corrected chi connectivity index (χ4v) is 5.20. The van der Waals surface area contributed by atoms with Crippen LogP contribution >= 0.6 is 0 Å². The van der Waals surface area contributed by atoms with E-state index in [1.165, 1.54) is 6.07 Å². The molecule has 0 bridgehead atoms. The van der Waals surface area contributed by atoms with E-state index in [4.69, 9.17) is 35.1 Å². The zero-order valence-corrected chi connectivity index (χ0v) is 21.6. The number of carboxylic acids is 1. The van der Waals surface area contributed by atoms with E-state index >= 15 is 0 Å². The van der Waals surface area contributed by atoms with Crippen LogP contribution in [0.4, 0.5) is 35.1 Å². The van der Waals surface area contributed by atoms with Crippen molar-refractivity contribution in [3.05, 3.63) is 35.8 Å². The number of aliphatic carboxylic acids is 1. The molecule has 5 heterocycles. The molecule has 3 N–H and O–H groups in total. The molecule has 15 heteroatoms. The van der Waals surface area contributed by atoms with Gasteiger partial charge in [-0.25, -0.2) is 14.2 Å². The van der Waals surface area contributed by atoms with Crippen molar-refractivity contribution in [1.82, 2.24) is 19.7 Å². The molecule has 40 heavy (non-hydrogen) atoms. The second-order valence-corrected chi connectivity index (χ2v) is 9.89. The van der Waals surface area contributed by atoms with Crippen molar-refractivity contribution < 1.29 is 36.9 Å². The minimum absolute atomic E-state index is 0.0237. The highest BCUT2D eigenvalue weighted by Crippen LogP contribution is 2.35. The summed E-state index contributed by atoms with van der Waals surface area (Å²) in [6.45, 7) is 4.10. The molecule has 0 aliphatic carbocycles. The van der Waals surface area contributed by atoms with Crippen LogP contribution in [0.5, 0.6) is 0 Å². The summed E-state index contributed by atoms with van der Waals surface area (Å²) in [5.74, 6) is -0.797. The average Bonchev–Trinajstić information content (AvgIpc) is 3.51. The summed E-state index contributed by atoms with van der Waals surface area (Å²) in [5.41, 5.74) is 7.61. The molecule has 216 valence electrons. The quantitative estimate of drug-likeness (QED) is 0.456. The first-order chi connectivity index (χ1) is 19.0. The van der Waals surface area contributed by atoms with Gasteiger partial charge in [-0.15, -0.1) is 0 Å². The molecule has 3 aromatic rings. The van der Waals surface area contributed by atoms with E-state index in [1.54, 1.807) is 10.7 Å². The van der Waals surface area contributed by atoms with E-state index in [0.29, 0.717) is 60.7 Å². The number of nitrogens with two attached hydrogens (primary N) is 1. The van der Waals surface area contributed by atoms with Crippen molar-refractivity contribution in [3.8, 4) is 0 Å². The van der Waals surface area contributed by atoms with Crippen LogP contribution in [-0.4, -0.2) is 88.6 Å². The predicted molar refractivity (Wildman–Crippen MR) is 137 cm³/mol. The minimum atomic E-state index is -5.08. The number of nitrogen functional groups attached to an aromatic ring is 1. The van der Waals surface area contributed by atoms with Crippen LogP contribution in [0.3, 0.4) is 0 Å². The molecule has 3 aliphatic heterocycles. The van der Waals surface area contributed by atoms with E-state index in [0.717, 1.165) is 31.6 Å². The highest BCUT2D eigenvalue weighted by atomic mass is 19.4. The van der Waals surface area contributed by atoms with Crippen LogP contribution in [0.1, 0.15) is 24.5 Å². The van der Waals surface area contributed by atoms with Crippen LogP contribution in [0.2, 0.25) is 0 Å². The molecule has 1 aromatic carbocycles. The summed E-state index contributed by atoms with van der Waals surface area (Å²) in [6, 6.07) is 6.98. The number of fused-ring (bicyclic) bond motifs is 2. The first kappa shape index (κ1) is 27.8. The number of nitrogens with zero attached hydrogens (tertiary/aromatic N) is 6. The van der Waals surface area contributed by atoms with Crippen molar-refractivity contribution in [2.45, 2.75) is 37.1 Å². The number of hydrogen-bond acceptors (Lipinski definition) is 9. The Kier molecular flexibility index (Phi) is 7.68. The van der Waals surface area contributed by atoms with Gasteiger partial charge in [0, 0.05) is 45.2 Å². The third-order valence-electron chi connectivity index (χ3n) is 7.28. The molecule has 0 amide bonds. The van der Waals surface area contributed by atoms with Crippen molar-refractivity contribution >= 4 is 34.5 Å². The third-order valence-corrected chi connectivity index (χ3v) is 7.28. The number of carboxylic acid groups (broad SMARTS) is 1. The number of halogens is 4. The van der Waals surface area contributed by atoms with Crippen LogP contribution in [0, 0.1) is 5.82 Å². The molecule has 3 saturated heterocycles. The van der Waals surface area contributed by atoms with Gasteiger partial charge in [0.05, 0.1) is 29.8 Å². The Bertz CT molecular complexity index is 1340. The Morgan fingerprint density at radius 1 is 1.07 bits per heavy atom. The maximum absolute atomic E-state index is 15.0. The predicted octanol–water partition coefficient (Wildman–Crippen LogP) is 2.71. The highest BCUT2D eigenvalue weighted by molar-refractivity contribution is 5.91. The number of aryl methyl sites for hydroxylation is 1. The van der Waals surface area contributed by atoms with Crippen LogP contribution in [0.15, 0.2) is 24.3 Å². The number of ether oxygens (including phenoxy) is 2. The van der Waals surface area contributed by atoms with Gasteiger partial charge in [0.2, 0.25) is 5.95 Å². The summed E-state index contributed by atoms with van der Waals surface area (Å²) in [6.07, 6.45) is -3.23. The topological polar surface area (TPSA) is 132 Å². The number of carbonyl (C=O) groups is 1. The molecule has 0 unspecified atom stereocenters. The summed E-state index contributed by atoms with van der Waals surface area (Å²) in [4.78, 5) is 22.8. The molecule has 2 aromatic heterocycles. The normalized spacial score (nSPS) is 21.7. The molecular formula is C25H29F4N7O4. The van der Waals surface area contributed by atoms with Crippen molar-refractivity contribution in [1.29, 1.82) is 0 Å². The molecule has 6 rings (SSSR count). The van der Waals surface area contributed by atoms with Gasteiger partial charge >= 0.3 is 12.1 Å². The Morgan fingerprint density at radius 2 is 1.70 bits per heavy atom. The van der Waals surface area contributed by atoms with E-state index in [1.807, 2.05) is 19.2 Å². The molecule has 0 spiro atoms. The smallest absolute Gasteiger partial charge is 0.475 e. The van der Waals surface area contributed by atoms with Crippen LogP contribution in [-0.2, 0) is 21.3 Å². The second kappa shape index (κ2) is 11.0. The van der Waals surface area contributed by atoms with Gasteiger partial charge in [0.1, 0.15) is 29.7 Å². The fourth-order valence-electron chi connectivity index (χ4n) is 5.20. The van der Waals surface area contributed by atoms with Gasteiger partial charge in [0.25, 0.3) is 0 Å². The maximum Gasteiger partial charge on any atom is 0.490 e. The molecular weight excluding hydrogens is 538 g/mol. The number of rotatable bonds is 3. The Balaban J connectivity index is 0.000000411. The first-order valence-corrected chi connectivity index (χ1v) is 12.8. The van der Waals surface area contributed by atoms with Gasteiger partial charge in [-0.2, -0.15) is 23.3 Å². The van der Waals surface area contributed by atoms with Crippen molar-refractivity contribution in [3.63, 3.8) is 0 Å². The van der Waals surface area contributed by atoms with Gasteiger partial charge in [-0.3, -0.25) is 4.68 Å². The first-order valence-electron chi connectivity index (χ1n) is 12.8. The fraction of sp³-hybridized carbons (Fsp3) is 0.520. The van der Waals surface area contributed by atoms with Gasteiger partial charge in [-0.05, 0) is 25.0 Å². The molecule has 2 atom stereocenters. The lowest BCUT2D eigenvalue weighted by Crippen LogP contribution is -2.36. The Morgan fingerprint density at radius 3 is 2.25 bits per heavy atom. The number of aromatic nitrogens is 4.